The highest BCUT2D eigenvalue weighted by Gasteiger charge is 2.26. The highest BCUT2D eigenvalue weighted by Crippen LogP contribution is 2.24. The lowest BCUT2D eigenvalue weighted by molar-refractivity contribution is 0.111. The molecule has 0 fully saturated rings. The summed E-state index contributed by atoms with van der Waals surface area (Å²) in [5.74, 6) is 0. The predicted octanol–water partition coefficient (Wildman–Crippen LogP) is 2.76. The number of rotatable bonds is 5. The SMILES string of the molecule is CC(C)(C)C(CCc1c(C=O)nc2ccccn12)NC(=O)O. The fraction of sp³-hybridized carbons (Fsp3) is 0.438. The Morgan fingerprint density at radius 1 is 1.45 bits per heavy atom. The van der Waals surface area contributed by atoms with Gasteiger partial charge in [0.15, 0.2) is 6.29 Å². The number of amides is 1. The summed E-state index contributed by atoms with van der Waals surface area (Å²) in [6.07, 6.45) is 2.75. The highest BCUT2D eigenvalue weighted by atomic mass is 16.4. The zero-order chi connectivity index (χ0) is 16.3. The third kappa shape index (κ3) is 3.44. The lowest BCUT2D eigenvalue weighted by atomic mass is 9.83. The van der Waals surface area contributed by atoms with Gasteiger partial charge in [0.25, 0.3) is 0 Å². The zero-order valence-electron chi connectivity index (χ0n) is 13.0. The number of carbonyl (C=O) groups excluding carboxylic acids is 1. The first-order valence-corrected chi connectivity index (χ1v) is 7.23. The molecule has 0 radical (unpaired) electrons. The first-order valence-electron chi connectivity index (χ1n) is 7.23. The fourth-order valence-electron chi connectivity index (χ4n) is 2.56. The first kappa shape index (κ1) is 16.0. The maximum atomic E-state index is 11.2. The fourth-order valence-corrected chi connectivity index (χ4v) is 2.56. The van der Waals surface area contributed by atoms with Crippen LogP contribution in [0.15, 0.2) is 24.4 Å². The number of carboxylic acid groups (broad SMARTS) is 1. The molecular weight excluding hydrogens is 282 g/mol. The van der Waals surface area contributed by atoms with E-state index in [1.807, 2.05) is 49.6 Å². The summed E-state index contributed by atoms with van der Waals surface area (Å²) in [6.45, 7) is 5.97. The molecule has 6 nitrogen and oxygen atoms in total. The van der Waals surface area contributed by atoms with Gasteiger partial charge in [-0.1, -0.05) is 26.8 Å². The summed E-state index contributed by atoms with van der Waals surface area (Å²) in [6, 6.07) is 5.38. The number of carbonyl (C=O) groups is 2. The van der Waals surface area contributed by atoms with Gasteiger partial charge in [-0.15, -0.1) is 0 Å². The van der Waals surface area contributed by atoms with Crippen LogP contribution in [-0.4, -0.2) is 32.9 Å². The van der Waals surface area contributed by atoms with Crippen LogP contribution in [-0.2, 0) is 6.42 Å². The second-order valence-electron chi connectivity index (χ2n) is 6.40. The van der Waals surface area contributed by atoms with Gasteiger partial charge >= 0.3 is 6.09 Å². The van der Waals surface area contributed by atoms with E-state index in [0.29, 0.717) is 18.5 Å². The standard InChI is InChI=1S/C16H21N3O3/c1-16(2,3)13(18-15(21)22)8-7-12-11(10-20)17-14-6-4-5-9-19(12)14/h4-6,9-10,13,18H,7-8H2,1-3H3,(H,21,22). The predicted molar refractivity (Wildman–Crippen MR) is 83.3 cm³/mol. The molecule has 0 aliphatic carbocycles. The first-order chi connectivity index (χ1) is 10.3. The topological polar surface area (TPSA) is 83.7 Å². The van der Waals surface area contributed by atoms with Crippen molar-refractivity contribution in [3.05, 3.63) is 35.8 Å². The number of aldehydes is 1. The molecule has 0 saturated heterocycles. The molecule has 0 aromatic carbocycles. The average Bonchev–Trinajstić information content (AvgIpc) is 2.79. The van der Waals surface area contributed by atoms with Crippen molar-refractivity contribution in [2.24, 2.45) is 5.41 Å². The molecule has 2 N–H and O–H groups in total. The van der Waals surface area contributed by atoms with Gasteiger partial charge in [0.05, 0.1) is 5.69 Å². The van der Waals surface area contributed by atoms with E-state index in [-0.39, 0.29) is 11.5 Å². The maximum Gasteiger partial charge on any atom is 0.404 e. The van der Waals surface area contributed by atoms with E-state index in [1.165, 1.54) is 0 Å². The molecule has 2 rings (SSSR count). The Hall–Kier alpha value is -2.37. The number of aryl methyl sites for hydroxylation is 1. The molecule has 2 heterocycles. The molecule has 0 saturated carbocycles. The summed E-state index contributed by atoms with van der Waals surface area (Å²) in [7, 11) is 0. The van der Waals surface area contributed by atoms with Gasteiger partial charge in [0, 0.05) is 12.2 Å². The van der Waals surface area contributed by atoms with Crippen molar-refractivity contribution in [3.63, 3.8) is 0 Å². The third-order valence-electron chi connectivity index (χ3n) is 3.78. The van der Waals surface area contributed by atoms with Crippen LogP contribution < -0.4 is 5.32 Å². The average molecular weight is 303 g/mol. The van der Waals surface area contributed by atoms with Crippen molar-refractivity contribution in [2.45, 2.75) is 39.7 Å². The number of hydrogen-bond donors (Lipinski definition) is 2. The molecule has 1 unspecified atom stereocenters. The molecule has 0 bridgehead atoms. The molecule has 2 aromatic heterocycles. The van der Waals surface area contributed by atoms with E-state index in [0.717, 1.165) is 17.6 Å². The van der Waals surface area contributed by atoms with Gasteiger partial charge < -0.3 is 14.8 Å². The molecule has 6 heteroatoms. The molecule has 118 valence electrons. The lowest BCUT2D eigenvalue weighted by Gasteiger charge is -2.30. The molecule has 0 aliphatic heterocycles. The smallest absolute Gasteiger partial charge is 0.404 e. The number of imidazole rings is 1. The summed E-state index contributed by atoms with van der Waals surface area (Å²) >= 11 is 0. The summed E-state index contributed by atoms with van der Waals surface area (Å²) < 4.78 is 1.88. The van der Waals surface area contributed by atoms with Crippen LogP contribution in [0.2, 0.25) is 0 Å². The monoisotopic (exact) mass is 303 g/mol. The van der Waals surface area contributed by atoms with Crippen molar-refractivity contribution < 1.29 is 14.7 Å². The summed E-state index contributed by atoms with van der Waals surface area (Å²) in [5.41, 5.74) is 1.74. The minimum absolute atomic E-state index is 0.208. The highest BCUT2D eigenvalue weighted by molar-refractivity contribution is 5.75. The van der Waals surface area contributed by atoms with Gasteiger partial charge in [-0.2, -0.15) is 0 Å². The Kier molecular flexibility index (Phi) is 4.49. The molecule has 2 aromatic rings. The minimum atomic E-state index is -1.03. The number of aromatic nitrogens is 2. The van der Waals surface area contributed by atoms with Gasteiger partial charge in [0.2, 0.25) is 0 Å². The molecule has 1 amide bonds. The molecule has 1 atom stereocenters. The van der Waals surface area contributed by atoms with E-state index >= 15 is 0 Å². The Labute approximate surface area is 129 Å². The Morgan fingerprint density at radius 2 is 2.18 bits per heavy atom. The van der Waals surface area contributed by atoms with Gasteiger partial charge in [-0.05, 0) is 30.4 Å². The Bertz CT molecular complexity index is 685. The minimum Gasteiger partial charge on any atom is -0.465 e. The van der Waals surface area contributed by atoms with Crippen LogP contribution >= 0.6 is 0 Å². The Morgan fingerprint density at radius 3 is 2.77 bits per heavy atom. The molecule has 0 aliphatic rings. The van der Waals surface area contributed by atoms with Crippen molar-refractivity contribution in [1.82, 2.24) is 14.7 Å². The van der Waals surface area contributed by atoms with Gasteiger partial charge in [0.1, 0.15) is 11.3 Å². The van der Waals surface area contributed by atoms with Crippen molar-refractivity contribution in [1.29, 1.82) is 0 Å². The largest absolute Gasteiger partial charge is 0.465 e. The number of pyridine rings is 1. The quantitative estimate of drug-likeness (QED) is 0.832. The molecule has 0 spiro atoms. The van der Waals surface area contributed by atoms with Crippen LogP contribution in [0.4, 0.5) is 4.79 Å². The summed E-state index contributed by atoms with van der Waals surface area (Å²) in [4.78, 5) is 26.5. The van der Waals surface area contributed by atoms with Crippen LogP contribution in [0.3, 0.4) is 0 Å². The Balaban J connectivity index is 2.26. The second-order valence-corrected chi connectivity index (χ2v) is 6.40. The maximum absolute atomic E-state index is 11.2. The van der Waals surface area contributed by atoms with E-state index in [2.05, 4.69) is 10.3 Å². The van der Waals surface area contributed by atoms with Crippen LogP contribution in [0.5, 0.6) is 0 Å². The summed E-state index contributed by atoms with van der Waals surface area (Å²) in [5, 5.41) is 11.6. The number of fused-ring (bicyclic) bond motifs is 1. The van der Waals surface area contributed by atoms with Crippen molar-refractivity contribution >= 4 is 18.0 Å². The third-order valence-corrected chi connectivity index (χ3v) is 3.78. The lowest BCUT2D eigenvalue weighted by Crippen LogP contribution is -2.43. The van der Waals surface area contributed by atoms with E-state index in [4.69, 9.17) is 5.11 Å². The van der Waals surface area contributed by atoms with E-state index in [1.54, 1.807) is 0 Å². The van der Waals surface area contributed by atoms with Crippen molar-refractivity contribution in [2.75, 3.05) is 0 Å². The molecular formula is C16H21N3O3. The zero-order valence-corrected chi connectivity index (χ0v) is 13.0. The normalized spacial score (nSPS) is 13.0. The van der Waals surface area contributed by atoms with Crippen LogP contribution in [0, 0.1) is 5.41 Å². The second kappa shape index (κ2) is 6.17. The number of hydrogen-bond acceptors (Lipinski definition) is 3. The molecule has 22 heavy (non-hydrogen) atoms. The van der Waals surface area contributed by atoms with Crippen LogP contribution in [0.1, 0.15) is 43.4 Å². The van der Waals surface area contributed by atoms with Gasteiger partial charge in [-0.3, -0.25) is 4.79 Å². The van der Waals surface area contributed by atoms with Crippen LogP contribution in [0.25, 0.3) is 5.65 Å². The van der Waals surface area contributed by atoms with E-state index in [9.17, 15) is 9.59 Å². The van der Waals surface area contributed by atoms with Crippen molar-refractivity contribution in [3.8, 4) is 0 Å². The number of nitrogens with one attached hydrogen (secondary N) is 1. The van der Waals surface area contributed by atoms with E-state index < -0.39 is 6.09 Å². The van der Waals surface area contributed by atoms with Gasteiger partial charge in [-0.25, -0.2) is 9.78 Å². The number of nitrogens with zero attached hydrogens (tertiary/aromatic N) is 2.